The Hall–Kier alpha value is 0.160. The smallest absolute Gasteiger partial charge is 0.122 e. The van der Waals surface area contributed by atoms with Crippen molar-refractivity contribution in [2.24, 2.45) is 0 Å². The molecule has 0 heterocycles. The van der Waals surface area contributed by atoms with Gasteiger partial charge in [-0.3, -0.25) is 0 Å². The maximum Gasteiger partial charge on any atom is 0.122 e. The molecule has 1 saturated carbocycles. The minimum absolute atomic E-state index is 0.274. The molecule has 1 aliphatic rings. The summed E-state index contributed by atoms with van der Waals surface area (Å²) in [5.74, 6) is 0.274. The third-order valence-electron chi connectivity index (χ3n) is 1.60. The van der Waals surface area contributed by atoms with E-state index < -0.39 is 6.10 Å². The van der Waals surface area contributed by atoms with Crippen molar-refractivity contribution in [2.75, 3.05) is 12.3 Å². The second-order valence-electron chi connectivity index (χ2n) is 2.69. The second-order valence-corrected chi connectivity index (χ2v) is 3.28. The molecule has 0 aromatic rings. The minimum atomic E-state index is -0.523. The molecule has 66 valence electrons. The highest BCUT2D eigenvalue weighted by molar-refractivity contribution is 7.93. The van der Waals surface area contributed by atoms with Crippen LogP contribution in [0.15, 0.2) is 0 Å². The first kappa shape index (κ1) is 9.25. The van der Waals surface area contributed by atoms with Crippen LogP contribution >= 0.6 is 12.0 Å². The van der Waals surface area contributed by atoms with Crippen LogP contribution in [0.3, 0.4) is 0 Å². The van der Waals surface area contributed by atoms with E-state index in [1.807, 2.05) is 0 Å². The predicted molar refractivity (Wildman–Crippen MR) is 42.1 cm³/mol. The van der Waals surface area contributed by atoms with Crippen LogP contribution in [0.25, 0.3) is 0 Å². The van der Waals surface area contributed by atoms with Crippen LogP contribution in [0.5, 0.6) is 0 Å². The van der Waals surface area contributed by atoms with E-state index in [-0.39, 0.29) is 5.75 Å². The summed E-state index contributed by atoms with van der Waals surface area (Å²) in [5.41, 5.74) is 0. The van der Waals surface area contributed by atoms with E-state index in [1.165, 1.54) is 12.8 Å². The lowest BCUT2D eigenvalue weighted by Crippen LogP contribution is -2.30. The summed E-state index contributed by atoms with van der Waals surface area (Å²) in [4.78, 5) is 3.63. The molecule has 1 fully saturated rings. The lowest BCUT2D eigenvalue weighted by molar-refractivity contribution is -0.169. The van der Waals surface area contributed by atoms with Gasteiger partial charge < -0.3 is 9.87 Å². The molecule has 1 rings (SSSR count). The molecule has 0 bridgehead atoms. The van der Waals surface area contributed by atoms with Crippen molar-refractivity contribution in [2.45, 2.75) is 25.0 Å². The maximum atomic E-state index is 11.7. The molecule has 11 heavy (non-hydrogen) atoms. The highest BCUT2D eigenvalue weighted by atomic mass is 32.2. The van der Waals surface area contributed by atoms with Crippen LogP contribution in [-0.4, -0.2) is 29.0 Å². The molecule has 0 amide bonds. The Morgan fingerprint density at radius 2 is 2.45 bits per heavy atom. The molecule has 2 N–H and O–H groups in total. The van der Waals surface area contributed by atoms with Gasteiger partial charge in [0.1, 0.15) is 6.10 Å². The van der Waals surface area contributed by atoms with Crippen LogP contribution < -0.4 is 5.32 Å². The van der Waals surface area contributed by atoms with Crippen molar-refractivity contribution in [1.29, 1.82) is 0 Å². The summed E-state index contributed by atoms with van der Waals surface area (Å²) in [6.07, 6.45) is 1.82. The van der Waals surface area contributed by atoms with Gasteiger partial charge in [0.25, 0.3) is 0 Å². The summed E-state index contributed by atoms with van der Waals surface area (Å²) in [6, 6.07) is 0.552. The summed E-state index contributed by atoms with van der Waals surface area (Å²) >= 11 is 0.601. The molecule has 0 saturated heterocycles. The van der Waals surface area contributed by atoms with Gasteiger partial charge in [0.2, 0.25) is 0 Å². The van der Waals surface area contributed by atoms with Gasteiger partial charge in [-0.2, -0.15) is 4.94 Å². The van der Waals surface area contributed by atoms with Crippen molar-refractivity contribution in [1.82, 2.24) is 5.32 Å². The fraction of sp³-hybridized carbons (Fsp3) is 1.00. The quantitative estimate of drug-likeness (QED) is 0.604. The fourth-order valence-corrected chi connectivity index (χ4v) is 1.12. The highest BCUT2D eigenvalue weighted by Gasteiger charge is 2.22. The van der Waals surface area contributed by atoms with Gasteiger partial charge in [-0.05, 0) is 29.4 Å². The monoisotopic (exact) mass is 181 g/mol. The second kappa shape index (κ2) is 4.92. The first-order valence-corrected chi connectivity index (χ1v) is 4.58. The molecule has 3 nitrogen and oxygen atoms in total. The number of rotatable bonds is 6. The van der Waals surface area contributed by atoms with Crippen LogP contribution in [0.1, 0.15) is 12.8 Å². The zero-order chi connectivity index (χ0) is 8.10. The van der Waals surface area contributed by atoms with Crippen LogP contribution in [0.2, 0.25) is 0 Å². The largest absolute Gasteiger partial charge is 0.330 e. The lowest BCUT2D eigenvalue weighted by Gasteiger charge is -2.09. The Morgan fingerprint density at radius 1 is 1.73 bits per heavy atom. The van der Waals surface area contributed by atoms with E-state index in [4.69, 9.17) is 4.55 Å². The summed E-state index contributed by atoms with van der Waals surface area (Å²) in [7, 11) is 0. The average molecular weight is 181 g/mol. The average Bonchev–Trinajstić information content (AvgIpc) is 2.81. The van der Waals surface area contributed by atoms with E-state index in [0.717, 1.165) is 0 Å². The van der Waals surface area contributed by atoms with Gasteiger partial charge in [-0.15, -0.1) is 0 Å². The Morgan fingerprint density at radius 3 is 2.91 bits per heavy atom. The molecule has 1 unspecified atom stereocenters. The van der Waals surface area contributed by atoms with Crippen molar-refractivity contribution in [3.8, 4) is 0 Å². The topological polar surface area (TPSA) is 41.5 Å². The van der Waals surface area contributed by atoms with Crippen LogP contribution in [-0.2, 0) is 4.94 Å². The SMILES string of the molecule is OSCC(CNC1CC1)OF. The van der Waals surface area contributed by atoms with Gasteiger partial charge >= 0.3 is 0 Å². The zero-order valence-corrected chi connectivity index (χ0v) is 6.94. The molecule has 0 aromatic heterocycles. The van der Waals surface area contributed by atoms with Gasteiger partial charge in [0, 0.05) is 12.6 Å². The van der Waals surface area contributed by atoms with E-state index in [1.54, 1.807) is 0 Å². The van der Waals surface area contributed by atoms with Crippen molar-refractivity contribution in [3.05, 3.63) is 0 Å². The normalized spacial score (nSPS) is 20.2. The third kappa shape index (κ3) is 3.91. The number of hydrogen-bond donors (Lipinski definition) is 2. The molecule has 5 heteroatoms. The molecule has 0 spiro atoms. The van der Waals surface area contributed by atoms with E-state index in [2.05, 4.69) is 10.3 Å². The van der Waals surface area contributed by atoms with Crippen LogP contribution in [0, 0.1) is 0 Å². The lowest BCUT2D eigenvalue weighted by atomic mass is 10.4. The molecule has 1 atom stereocenters. The number of hydrogen-bond acceptors (Lipinski definition) is 4. The Balaban J connectivity index is 1.98. The van der Waals surface area contributed by atoms with Crippen molar-refractivity contribution >= 4 is 12.0 Å². The summed E-state index contributed by atoms with van der Waals surface area (Å²) < 4.78 is 20.0. The standard InChI is InChI=1S/C6H12FNO2S/c7-10-6(4-11-9)3-8-5-1-2-5/h5-6,8-9H,1-4H2. The summed E-state index contributed by atoms with van der Waals surface area (Å²) in [6.45, 7) is 0.481. The van der Waals surface area contributed by atoms with Crippen molar-refractivity contribution in [3.63, 3.8) is 0 Å². The van der Waals surface area contributed by atoms with Crippen LogP contribution in [0.4, 0.5) is 4.53 Å². The van der Waals surface area contributed by atoms with Gasteiger partial charge in [0.05, 0.1) is 5.75 Å². The molecule has 1 aliphatic carbocycles. The van der Waals surface area contributed by atoms with E-state index in [0.29, 0.717) is 24.6 Å². The van der Waals surface area contributed by atoms with Gasteiger partial charge in [0.15, 0.2) is 0 Å². The minimum Gasteiger partial charge on any atom is -0.330 e. The first-order chi connectivity index (χ1) is 5.36. The maximum absolute atomic E-state index is 11.7. The van der Waals surface area contributed by atoms with Gasteiger partial charge in [-0.25, -0.2) is 0 Å². The molecule has 0 aromatic carbocycles. The molecule has 0 radical (unpaired) electrons. The first-order valence-electron chi connectivity index (χ1n) is 3.64. The summed E-state index contributed by atoms with van der Waals surface area (Å²) in [5, 5.41) is 3.10. The molecular weight excluding hydrogens is 169 g/mol. The zero-order valence-electron chi connectivity index (χ0n) is 6.12. The Labute approximate surface area is 69.4 Å². The van der Waals surface area contributed by atoms with E-state index >= 15 is 0 Å². The highest BCUT2D eigenvalue weighted by Crippen LogP contribution is 2.18. The predicted octanol–water partition coefficient (Wildman–Crippen LogP) is 1.21. The van der Waals surface area contributed by atoms with E-state index in [9.17, 15) is 4.53 Å². The number of halogens is 1. The molecular formula is C6H12FNO2S. The molecule has 0 aliphatic heterocycles. The van der Waals surface area contributed by atoms with Gasteiger partial charge in [-0.1, -0.05) is 0 Å². The van der Waals surface area contributed by atoms with Crippen molar-refractivity contribution < 1.29 is 14.0 Å². The Bertz CT molecular complexity index is 113. The number of nitrogens with one attached hydrogen (secondary N) is 1. The fourth-order valence-electron chi connectivity index (χ4n) is 0.785. The Kier molecular flexibility index (Phi) is 4.14. The third-order valence-corrected chi connectivity index (χ3v) is 2.12.